The molecule has 0 spiro atoms. The molecule has 1 amide bonds. The van der Waals surface area contributed by atoms with Gasteiger partial charge in [-0.3, -0.25) is 4.79 Å². The zero-order valence-electron chi connectivity index (χ0n) is 19.0. The predicted molar refractivity (Wildman–Crippen MR) is 136 cm³/mol. The number of hydrogen-bond donors (Lipinski definition) is 2. The summed E-state index contributed by atoms with van der Waals surface area (Å²) in [5.74, 6) is 0.893. The normalized spacial score (nSPS) is 18.8. The highest BCUT2D eigenvalue weighted by atomic mass is 32.1. The largest absolute Gasteiger partial charge is 0.371 e. The van der Waals surface area contributed by atoms with E-state index < -0.39 is 0 Å². The summed E-state index contributed by atoms with van der Waals surface area (Å²) in [5, 5.41) is 7.06. The van der Waals surface area contributed by atoms with Gasteiger partial charge in [-0.1, -0.05) is 19.1 Å². The Morgan fingerprint density at radius 2 is 1.69 bits per heavy atom. The van der Waals surface area contributed by atoms with Crippen molar-refractivity contribution >= 4 is 34.6 Å². The van der Waals surface area contributed by atoms with E-state index in [2.05, 4.69) is 46.7 Å². The third kappa shape index (κ3) is 6.00. The van der Waals surface area contributed by atoms with Gasteiger partial charge in [0, 0.05) is 49.7 Å². The van der Waals surface area contributed by atoms with Crippen LogP contribution in [0.2, 0.25) is 0 Å². The summed E-state index contributed by atoms with van der Waals surface area (Å²) in [7, 11) is 0. The SMILES string of the molecule is C[C@H]1CCCN(c2ccc(CNC(=S)Nc3ccc(C(=O)N4CCCCC4)cc3)cc2)C1. The Balaban J connectivity index is 1.24. The summed E-state index contributed by atoms with van der Waals surface area (Å²) in [5.41, 5.74) is 4.12. The molecule has 0 aromatic heterocycles. The number of amides is 1. The van der Waals surface area contributed by atoms with Crippen LogP contribution in [0, 0.1) is 5.92 Å². The van der Waals surface area contributed by atoms with Crippen LogP contribution in [0.25, 0.3) is 0 Å². The van der Waals surface area contributed by atoms with Crippen LogP contribution in [0.4, 0.5) is 11.4 Å². The number of likely N-dealkylation sites (tertiary alicyclic amines) is 1. The van der Waals surface area contributed by atoms with Crippen molar-refractivity contribution in [1.82, 2.24) is 10.2 Å². The monoisotopic (exact) mass is 450 g/mol. The number of thiocarbonyl (C=S) groups is 1. The number of benzene rings is 2. The van der Waals surface area contributed by atoms with Crippen molar-refractivity contribution in [2.24, 2.45) is 5.92 Å². The van der Waals surface area contributed by atoms with Crippen LogP contribution < -0.4 is 15.5 Å². The Hall–Kier alpha value is -2.60. The molecule has 32 heavy (non-hydrogen) atoms. The lowest BCUT2D eigenvalue weighted by Crippen LogP contribution is -2.35. The van der Waals surface area contributed by atoms with Gasteiger partial charge in [-0.2, -0.15) is 0 Å². The van der Waals surface area contributed by atoms with Crippen molar-refractivity contribution in [2.75, 3.05) is 36.4 Å². The number of carbonyl (C=O) groups is 1. The summed E-state index contributed by atoms with van der Waals surface area (Å²) >= 11 is 5.46. The third-order valence-corrected chi connectivity index (χ3v) is 6.69. The number of anilines is 2. The molecule has 2 N–H and O–H groups in total. The molecule has 1 atom stereocenters. The van der Waals surface area contributed by atoms with E-state index in [-0.39, 0.29) is 5.91 Å². The van der Waals surface area contributed by atoms with Crippen LogP contribution in [-0.2, 0) is 6.54 Å². The second-order valence-corrected chi connectivity index (χ2v) is 9.51. The van der Waals surface area contributed by atoms with Crippen molar-refractivity contribution in [2.45, 2.75) is 45.6 Å². The molecule has 2 aromatic carbocycles. The summed E-state index contributed by atoms with van der Waals surface area (Å²) < 4.78 is 0. The molecule has 0 saturated carbocycles. The topological polar surface area (TPSA) is 47.6 Å². The zero-order chi connectivity index (χ0) is 22.3. The molecule has 0 bridgehead atoms. The second kappa shape index (κ2) is 10.8. The first-order chi connectivity index (χ1) is 15.6. The van der Waals surface area contributed by atoms with E-state index in [9.17, 15) is 4.79 Å². The fourth-order valence-electron chi connectivity index (χ4n) is 4.58. The molecule has 2 aliphatic rings. The average Bonchev–Trinajstić information content (AvgIpc) is 2.84. The number of hydrogen-bond acceptors (Lipinski definition) is 3. The van der Waals surface area contributed by atoms with Crippen LogP contribution in [0.5, 0.6) is 0 Å². The van der Waals surface area contributed by atoms with E-state index in [1.54, 1.807) is 0 Å². The number of carbonyl (C=O) groups excluding carboxylic acids is 1. The Kier molecular flexibility index (Phi) is 7.63. The predicted octanol–water partition coefficient (Wildman–Crippen LogP) is 5.04. The molecule has 6 heteroatoms. The van der Waals surface area contributed by atoms with Crippen LogP contribution in [0.1, 0.15) is 54.9 Å². The third-order valence-electron chi connectivity index (χ3n) is 6.44. The van der Waals surface area contributed by atoms with Crippen molar-refractivity contribution in [3.63, 3.8) is 0 Å². The Bertz CT molecular complexity index is 906. The van der Waals surface area contributed by atoms with E-state index in [0.717, 1.165) is 56.2 Å². The minimum atomic E-state index is 0.124. The number of rotatable bonds is 5. The van der Waals surface area contributed by atoms with Gasteiger partial charge in [0.05, 0.1) is 0 Å². The van der Waals surface area contributed by atoms with Crippen molar-refractivity contribution in [3.8, 4) is 0 Å². The van der Waals surface area contributed by atoms with Gasteiger partial charge >= 0.3 is 0 Å². The summed E-state index contributed by atoms with van der Waals surface area (Å²) in [6.07, 6.45) is 6.04. The Morgan fingerprint density at radius 3 is 2.38 bits per heavy atom. The quantitative estimate of drug-likeness (QED) is 0.625. The molecule has 2 heterocycles. The van der Waals surface area contributed by atoms with Crippen molar-refractivity contribution in [3.05, 3.63) is 59.7 Å². The van der Waals surface area contributed by atoms with Crippen LogP contribution in [0.15, 0.2) is 48.5 Å². The van der Waals surface area contributed by atoms with E-state index in [0.29, 0.717) is 11.7 Å². The molecular formula is C26H34N4OS. The lowest BCUT2D eigenvalue weighted by Gasteiger charge is -2.32. The highest BCUT2D eigenvalue weighted by molar-refractivity contribution is 7.80. The zero-order valence-corrected chi connectivity index (χ0v) is 19.8. The summed E-state index contributed by atoms with van der Waals surface area (Å²) in [6, 6.07) is 16.4. The lowest BCUT2D eigenvalue weighted by molar-refractivity contribution is 0.0724. The fraction of sp³-hybridized carbons (Fsp3) is 0.462. The Morgan fingerprint density at radius 1 is 0.969 bits per heavy atom. The van der Waals surface area contributed by atoms with Crippen LogP contribution in [0.3, 0.4) is 0 Å². The first-order valence-electron chi connectivity index (χ1n) is 11.9. The van der Waals surface area contributed by atoms with Gasteiger partial charge in [0.15, 0.2) is 5.11 Å². The smallest absolute Gasteiger partial charge is 0.253 e. The van der Waals surface area contributed by atoms with Gasteiger partial charge in [0.25, 0.3) is 5.91 Å². The lowest BCUT2D eigenvalue weighted by atomic mass is 9.99. The van der Waals surface area contributed by atoms with Gasteiger partial charge in [0.2, 0.25) is 0 Å². The molecular weight excluding hydrogens is 416 g/mol. The molecule has 0 aliphatic carbocycles. The molecule has 0 radical (unpaired) electrons. The average molecular weight is 451 g/mol. The minimum Gasteiger partial charge on any atom is -0.371 e. The van der Waals surface area contributed by atoms with Gasteiger partial charge in [-0.15, -0.1) is 0 Å². The maximum atomic E-state index is 12.6. The molecule has 170 valence electrons. The van der Waals surface area contributed by atoms with E-state index in [1.807, 2.05) is 29.2 Å². The van der Waals surface area contributed by atoms with Crippen molar-refractivity contribution < 1.29 is 4.79 Å². The molecule has 2 aromatic rings. The number of nitrogens with zero attached hydrogens (tertiary/aromatic N) is 2. The van der Waals surface area contributed by atoms with E-state index in [4.69, 9.17) is 12.2 Å². The van der Waals surface area contributed by atoms with Gasteiger partial charge in [-0.05, 0) is 92.2 Å². The number of piperidine rings is 2. The van der Waals surface area contributed by atoms with Crippen LogP contribution in [-0.4, -0.2) is 42.1 Å². The van der Waals surface area contributed by atoms with Gasteiger partial charge in [0.1, 0.15) is 0 Å². The standard InChI is InChI=1S/C26H34N4OS/c1-20-6-5-17-30(19-20)24-13-7-21(8-14-24)18-27-26(32)28-23-11-9-22(10-12-23)25(31)29-15-3-2-4-16-29/h7-14,20H,2-6,15-19H2,1H3,(H2,27,28,32)/t20-/m0/s1. The summed E-state index contributed by atoms with van der Waals surface area (Å²) in [6.45, 7) is 7.04. The van der Waals surface area contributed by atoms with Crippen molar-refractivity contribution in [1.29, 1.82) is 0 Å². The molecule has 2 aliphatic heterocycles. The molecule has 0 unspecified atom stereocenters. The Labute approximate surface area is 197 Å². The first-order valence-corrected chi connectivity index (χ1v) is 12.3. The van der Waals surface area contributed by atoms with Gasteiger partial charge in [-0.25, -0.2) is 0 Å². The highest BCUT2D eigenvalue weighted by Crippen LogP contribution is 2.23. The van der Waals surface area contributed by atoms with Crippen LogP contribution >= 0.6 is 12.2 Å². The molecule has 5 nitrogen and oxygen atoms in total. The van der Waals surface area contributed by atoms with E-state index >= 15 is 0 Å². The maximum Gasteiger partial charge on any atom is 0.253 e. The number of nitrogens with one attached hydrogen (secondary N) is 2. The van der Waals surface area contributed by atoms with Gasteiger partial charge < -0.3 is 20.4 Å². The highest BCUT2D eigenvalue weighted by Gasteiger charge is 2.18. The molecule has 2 fully saturated rings. The fourth-order valence-corrected chi connectivity index (χ4v) is 4.77. The second-order valence-electron chi connectivity index (χ2n) is 9.10. The first kappa shape index (κ1) is 22.6. The summed E-state index contributed by atoms with van der Waals surface area (Å²) in [4.78, 5) is 17.0. The minimum absolute atomic E-state index is 0.124. The molecule has 2 saturated heterocycles. The molecule has 4 rings (SSSR count). The maximum absolute atomic E-state index is 12.6. The van der Waals surface area contributed by atoms with E-state index in [1.165, 1.54) is 30.5 Å².